The molecule has 0 fully saturated rings. The Morgan fingerprint density at radius 3 is 2.71 bits per heavy atom. The summed E-state index contributed by atoms with van der Waals surface area (Å²) in [7, 11) is 0. The predicted molar refractivity (Wildman–Crippen MR) is 154 cm³/mol. The van der Waals surface area contributed by atoms with Gasteiger partial charge < -0.3 is 10.3 Å². The summed E-state index contributed by atoms with van der Waals surface area (Å²) >= 11 is 1.67. The van der Waals surface area contributed by atoms with Gasteiger partial charge in [-0.15, -0.1) is 11.3 Å². The number of nitrogens with one attached hydrogen (secondary N) is 3. The number of anilines is 1. The maximum atomic E-state index is 16.2. The van der Waals surface area contributed by atoms with Crippen LogP contribution in [-0.2, 0) is 0 Å². The van der Waals surface area contributed by atoms with Gasteiger partial charge in [0, 0.05) is 44.5 Å². The fourth-order valence-corrected chi connectivity index (χ4v) is 5.16. The molecule has 0 aliphatic rings. The van der Waals surface area contributed by atoms with Crippen LogP contribution in [0.2, 0.25) is 0 Å². The normalized spacial score (nSPS) is 12.7. The van der Waals surface area contributed by atoms with E-state index >= 15 is 4.39 Å². The molecule has 0 aliphatic heterocycles. The predicted octanol–water partition coefficient (Wildman–Crippen LogP) is 6.10. The summed E-state index contributed by atoms with van der Waals surface area (Å²) in [4.78, 5) is 19.0. The van der Waals surface area contributed by atoms with Crippen LogP contribution in [0, 0.1) is 6.92 Å². The van der Waals surface area contributed by atoms with Crippen molar-refractivity contribution >= 4 is 45.5 Å². The number of nitrogens with zero attached hydrogens (tertiary/aromatic N) is 4. The molecule has 192 valence electrons. The monoisotopic (exact) mass is 525 g/mol. The zero-order valence-electron chi connectivity index (χ0n) is 21.5. The van der Waals surface area contributed by atoms with Gasteiger partial charge in [-0.05, 0) is 38.5 Å². The van der Waals surface area contributed by atoms with Crippen molar-refractivity contribution in [2.75, 3.05) is 5.32 Å². The molecule has 0 saturated carbocycles. The highest BCUT2D eigenvalue weighted by Crippen LogP contribution is 2.33. The SMILES string of the molecule is C=C(CCC)Nc1cncc(C(=C)/C(F)=c2/c(-c3nc4c(-c5ccc(C)s5)cncc4[nH]3)n[nH]/c2=C/C)c1. The highest BCUT2D eigenvalue weighted by molar-refractivity contribution is 7.15. The van der Waals surface area contributed by atoms with Crippen molar-refractivity contribution in [3.05, 3.63) is 82.8 Å². The molecule has 0 aromatic carbocycles. The van der Waals surface area contributed by atoms with Gasteiger partial charge in [-0.3, -0.25) is 15.1 Å². The molecular formula is C29H28FN7S. The first-order valence-electron chi connectivity index (χ1n) is 12.3. The largest absolute Gasteiger partial charge is 0.358 e. The molecule has 0 bridgehead atoms. The molecule has 0 spiro atoms. The van der Waals surface area contributed by atoms with Crippen LogP contribution in [0.25, 0.3) is 50.5 Å². The molecule has 0 aliphatic carbocycles. The molecule has 38 heavy (non-hydrogen) atoms. The molecule has 5 heterocycles. The van der Waals surface area contributed by atoms with E-state index in [0.717, 1.165) is 45.7 Å². The van der Waals surface area contributed by atoms with Crippen molar-refractivity contribution in [1.29, 1.82) is 0 Å². The first kappa shape index (κ1) is 25.3. The highest BCUT2D eigenvalue weighted by atomic mass is 32.1. The standard InChI is InChI=1S/C29H28FN7S/c1-6-8-16(3)33-20-11-19(12-31-13-20)18(5)26(30)25-22(7-2)36-37-28(25)29-34-23-15-32-14-21(27(23)35-29)24-10-9-17(4)38-24/h7,9-15,33,36H,3,5-6,8H2,1-2,4H3,(H,34,35)/b22-7+,26-25-. The fraction of sp³-hybridized carbons (Fsp3) is 0.172. The topological polar surface area (TPSA) is 95.2 Å². The number of aryl methyl sites for hydroxylation is 1. The maximum absolute atomic E-state index is 16.2. The van der Waals surface area contributed by atoms with Crippen molar-refractivity contribution in [1.82, 2.24) is 30.1 Å². The van der Waals surface area contributed by atoms with Crippen molar-refractivity contribution in [3.63, 3.8) is 0 Å². The minimum atomic E-state index is -0.513. The third-order valence-electron chi connectivity index (χ3n) is 6.15. The molecular weight excluding hydrogens is 497 g/mol. The number of hydrogen-bond donors (Lipinski definition) is 3. The average molecular weight is 526 g/mol. The Hall–Kier alpha value is -4.37. The lowest BCUT2D eigenvalue weighted by Crippen LogP contribution is -2.26. The first-order chi connectivity index (χ1) is 18.4. The molecule has 5 aromatic heterocycles. The summed E-state index contributed by atoms with van der Waals surface area (Å²) in [6.07, 6.45) is 10.4. The van der Waals surface area contributed by atoms with E-state index in [1.54, 1.807) is 42.2 Å². The van der Waals surface area contributed by atoms with Crippen LogP contribution >= 0.6 is 11.3 Å². The van der Waals surface area contributed by atoms with E-state index in [1.165, 1.54) is 4.88 Å². The summed E-state index contributed by atoms with van der Waals surface area (Å²) in [5, 5.41) is 11.4. The summed E-state index contributed by atoms with van der Waals surface area (Å²) in [5.74, 6) is -0.0740. The lowest BCUT2D eigenvalue weighted by molar-refractivity contribution is 0.764. The minimum absolute atomic E-state index is 0.195. The number of H-pyrrole nitrogens is 2. The van der Waals surface area contributed by atoms with Gasteiger partial charge in [0.15, 0.2) is 5.82 Å². The van der Waals surface area contributed by atoms with Gasteiger partial charge in [0.2, 0.25) is 0 Å². The Kier molecular flexibility index (Phi) is 7.02. The average Bonchev–Trinajstić information content (AvgIpc) is 3.65. The number of allylic oxidation sites excluding steroid dienone is 2. The summed E-state index contributed by atoms with van der Waals surface area (Å²) in [6, 6.07) is 5.94. The van der Waals surface area contributed by atoms with Crippen LogP contribution in [0.15, 0.2) is 61.8 Å². The zero-order valence-corrected chi connectivity index (χ0v) is 22.3. The lowest BCUT2D eigenvalue weighted by Gasteiger charge is -2.10. The lowest BCUT2D eigenvalue weighted by atomic mass is 10.1. The van der Waals surface area contributed by atoms with Crippen LogP contribution in [0.5, 0.6) is 0 Å². The van der Waals surface area contributed by atoms with Gasteiger partial charge in [-0.25, -0.2) is 9.37 Å². The number of halogens is 1. The smallest absolute Gasteiger partial charge is 0.159 e. The molecule has 3 N–H and O–H groups in total. The number of hydrogen-bond acceptors (Lipinski definition) is 6. The van der Waals surface area contributed by atoms with Crippen molar-refractivity contribution in [2.45, 2.75) is 33.6 Å². The Balaban J connectivity index is 1.60. The van der Waals surface area contributed by atoms with Gasteiger partial charge in [0.1, 0.15) is 17.0 Å². The Bertz CT molecular complexity index is 1790. The molecule has 0 unspecified atom stereocenters. The summed E-state index contributed by atoms with van der Waals surface area (Å²) in [5.41, 5.74) is 5.12. The van der Waals surface area contributed by atoms with Crippen LogP contribution in [0.4, 0.5) is 10.1 Å². The quantitative estimate of drug-likeness (QED) is 0.228. The van der Waals surface area contributed by atoms with E-state index in [9.17, 15) is 0 Å². The van der Waals surface area contributed by atoms with Crippen LogP contribution < -0.4 is 15.9 Å². The molecule has 5 rings (SSSR count). The minimum Gasteiger partial charge on any atom is -0.358 e. The van der Waals surface area contributed by atoms with Gasteiger partial charge in [0.05, 0.1) is 34.2 Å². The second kappa shape index (κ2) is 10.5. The van der Waals surface area contributed by atoms with E-state index in [2.05, 4.69) is 69.6 Å². The van der Waals surface area contributed by atoms with Crippen LogP contribution in [0.3, 0.4) is 0 Å². The van der Waals surface area contributed by atoms with E-state index in [-0.39, 0.29) is 10.8 Å². The second-order valence-corrected chi connectivity index (χ2v) is 10.2. The van der Waals surface area contributed by atoms with Gasteiger partial charge in [0.25, 0.3) is 0 Å². The van der Waals surface area contributed by atoms with Crippen molar-refractivity contribution in [2.24, 2.45) is 0 Å². The van der Waals surface area contributed by atoms with Gasteiger partial charge in [-0.1, -0.05) is 32.6 Å². The van der Waals surface area contributed by atoms with Gasteiger partial charge in [-0.2, -0.15) is 5.10 Å². The second-order valence-electron chi connectivity index (χ2n) is 8.96. The highest BCUT2D eigenvalue weighted by Gasteiger charge is 2.18. The number of rotatable bonds is 8. The molecule has 9 heteroatoms. The fourth-order valence-electron chi connectivity index (χ4n) is 4.28. The van der Waals surface area contributed by atoms with Gasteiger partial charge >= 0.3 is 0 Å². The van der Waals surface area contributed by atoms with Crippen molar-refractivity contribution < 1.29 is 4.39 Å². The number of fused-ring (bicyclic) bond motifs is 1. The summed E-state index contributed by atoms with van der Waals surface area (Å²) < 4.78 is 16.2. The van der Waals surface area contributed by atoms with E-state index in [0.29, 0.717) is 22.4 Å². The molecule has 7 nitrogen and oxygen atoms in total. The first-order valence-corrected chi connectivity index (χ1v) is 13.1. The Morgan fingerprint density at radius 1 is 1.16 bits per heavy atom. The number of thiophene rings is 1. The van der Waals surface area contributed by atoms with Crippen LogP contribution in [-0.4, -0.2) is 30.1 Å². The maximum Gasteiger partial charge on any atom is 0.159 e. The van der Waals surface area contributed by atoms with E-state index in [1.807, 2.05) is 13.0 Å². The third-order valence-corrected chi connectivity index (χ3v) is 7.19. The number of aromatic nitrogens is 6. The van der Waals surface area contributed by atoms with E-state index < -0.39 is 5.83 Å². The third kappa shape index (κ3) is 4.80. The van der Waals surface area contributed by atoms with Crippen molar-refractivity contribution in [3.8, 4) is 22.0 Å². The number of pyridine rings is 2. The number of aromatic amines is 2. The molecule has 0 atom stereocenters. The molecule has 0 radical (unpaired) electrons. The van der Waals surface area contributed by atoms with Crippen LogP contribution in [0.1, 0.15) is 37.1 Å². The molecule has 0 amide bonds. The number of imidazole rings is 1. The summed E-state index contributed by atoms with van der Waals surface area (Å²) in [6.45, 7) is 14.0. The molecule has 0 saturated heterocycles. The Labute approximate surface area is 223 Å². The zero-order chi connectivity index (χ0) is 26.8. The molecule has 5 aromatic rings. The van der Waals surface area contributed by atoms with E-state index in [4.69, 9.17) is 4.98 Å². The Morgan fingerprint density at radius 2 is 1.97 bits per heavy atom.